The van der Waals surface area contributed by atoms with Crippen LogP contribution in [0.15, 0.2) is 73.1 Å². The van der Waals surface area contributed by atoms with Crippen molar-refractivity contribution in [3.63, 3.8) is 0 Å². The SMILES string of the molecule is Cc1ccc(C(=O)CCCn2c(C#N)ccc2C(=O)N(C)[C@@H](C)c2c(F)cccc2Cl)cc1C#Cc1cnc2cccnn12. The molecule has 0 saturated heterocycles. The number of Topliss-reactive ketones (excluding diaryl/α,β-unsaturated/α-hetero) is 1. The summed E-state index contributed by atoms with van der Waals surface area (Å²) in [5, 5.41) is 14.2. The summed E-state index contributed by atoms with van der Waals surface area (Å²) in [6, 6.07) is 18.0. The van der Waals surface area contributed by atoms with Crippen LogP contribution in [0.5, 0.6) is 0 Å². The lowest BCUT2D eigenvalue weighted by Crippen LogP contribution is -2.32. The number of aryl methyl sites for hydroxylation is 1. The van der Waals surface area contributed by atoms with E-state index in [0.717, 1.165) is 11.1 Å². The molecule has 0 aliphatic heterocycles. The number of ketones is 1. The molecule has 0 unspecified atom stereocenters. The van der Waals surface area contributed by atoms with E-state index in [9.17, 15) is 19.2 Å². The number of hydrogen-bond acceptors (Lipinski definition) is 5. The summed E-state index contributed by atoms with van der Waals surface area (Å²) in [7, 11) is 1.56. The standard InChI is InChI=1S/C34H28ClFN6O2/c1-22-11-12-25(19-24(22)13-14-27-21-38-32-10-5-17-39-42(27)32)31(43)9-6-18-41-26(20-37)15-16-30(41)34(44)40(3)23(2)33-28(35)7-4-8-29(33)36/h4-5,7-8,10-12,15-17,19,21,23H,6,9,18H2,1-3H3/t23-/m0/s1. The predicted molar refractivity (Wildman–Crippen MR) is 165 cm³/mol. The number of rotatable bonds is 8. The van der Waals surface area contributed by atoms with Crippen LogP contribution < -0.4 is 0 Å². The van der Waals surface area contributed by atoms with Gasteiger partial charge in [0.2, 0.25) is 0 Å². The first-order valence-electron chi connectivity index (χ1n) is 13.9. The van der Waals surface area contributed by atoms with Gasteiger partial charge in [-0.25, -0.2) is 13.9 Å². The quantitative estimate of drug-likeness (QED) is 0.150. The highest BCUT2D eigenvalue weighted by Gasteiger charge is 2.26. The molecule has 0 aliphatic rings. The van der Waals surface area contributed by atoms with Gasteiger partial charge in [-0.1, -0.05) is 35.7 Å². The Bertz CT molecular complexity index is 1970. The first-order valence-corrected chi connectivity index (χ1v) is 14.3. The summed E-state index contributed by atoms with van der Waals surface area (Å²) in [4.78, 5) is 32.3. The van der Waals surface area contributed by atoms with Gasteiger partial charge in [0.05, 0.1) is 12.2 Å². The summed E-state index contributed by atoms with van der Waals surface area (Å²) in [5.41, 5.74) is 4.28. The van der Waals surface area contributed by atoms with Crippen LogP contribution in [0.25, 0.3) is 5.65 Å². The lowest BCUT2D eigenvalue weighted by Gasteiger charge is -2.27. The van der Waals surface area contributed by atoms with Gasteiger partial charge in [0.25, 0.3) is 5.91 Å². The molecule has 0 aliphatic carbocycles. The smallest absolute Gasteiger partial charge is 0.270 e. The minimum absolute atomic E-state index is 0.0806. The number of fused-ring (bicyclic) bond motifs is 1. The van der Waals surface area contributed by atoms with Gasteiger partial charge < -0.3 is 9.47 Å². The van der Waals surface area contributed by atoms with Crippen molar-refractivity contribution in [2.45, 2.75) is 39.3 Å². The van der Waals surface area contributed by atoms with Crippen molar-refractivity contribution in [2.24, 2.45) is 0 Å². The van der Waals surface area contributed by atoms with Gasteiger partial charge in [0.15, 0.2) is 11.4 Å². The van der Waals surface area contributed by atoms with Crippen molar-refractivity contribution in [1.29, 1.82) is 5.26 Å². The number of amides is 1. The fourth-order valence-corrected chi connectivity index (χ4v) is 5.29. The summed E-state index contributed by atoms with van der Waals surface area (Å²) < 4.78 is 17.8. The Morgan fingerprint density at radius 1 is 1.09 bits per heavy atom. The zero-order valence-electron chi connectivity index (χ0n) is 24.4. The topological polar surface area (TPSA) is 96.3 Å². The molecule has 0 N–H and O–H groups in total. The van der Waals surface area contributed by atoms with Crippen molar-refractivity contribution in [3.8, 4) is 17.9 Å². The van der Waals surface area contributed by atoms with Crippen LogP contribution in [0.3, 0.4) is 0 Å². The third-order valence-electron chi connectivity index (χ3n) is 7.58. The minimum atomic E-state index is -0.658. The minimum Gasteiger partial charge on any atom is -0.334 e. The summed E-state index contributed by atoms with van der Waals surface area (Å²) in [6.07, 6.45) is 3.91. The molecule has 44 heavy (non-hydrogen) atoms. The molecule has 0 spiro atoms. The number of halogens is 2. The molecule has 3 heterocycles. The third-order valence-corrected chi connectivity index (χ3v) is 7.91. The van der Waals surface area contributed by atoms with E-state index in [2.05, 4.69) is 28.0 Å². The van der Waals surface area contributed by atoms with Crippen LogP contribution in [0.4, 0.5) is 4.39 Å². The molecule has 0 bridgehead atoms. The highest BCUT2D eigenvalue weighted by molar-refractivity contribution is 6.31. The fraction of sp³-hybridized carbons (Fsp3) is 0.206. The highest BCUT2D eigenvalue weighted by atomic mass is 35.5. The monoisotopic (exact) mass is 606 g/mol. The number of hydrogen-bond donors (Lipinski definition) is 0. The maximum Gasteiger partial charge on any atom is 0.270 e. The molecule has 10 heteroatoms. The van der Waals surface area contributed by atoms with E-state index in [1.807, 2.05) is 19.1 Å². The second kappa shape index (κ2) is 12.9. The van der Waals surface area contributed by atoms with Gasteiger partial charge in [-0.05, 0) is 74.2 Å². The van der Waals surface area contributed by atoms with Crippen molar-refractivity contribution in [2.75, 3.05) is 7.05 Å². The molecule has 3 aromatic heterocycles. The van der Waals surface area contributed by atoms with Crippen LogP contribution in [0, 0.1) is 35.9 Å². The number of carbonyl (C=O) groups is 2. The van der Waals surface area contributed by atoms with Gasteiger partial charge in [0, 0.05) is 47.9 Å². The Morgan fingerprint density at radius 2 is 1.91 bits per heavy atom. The molecule has 0 fully saturated rings. The highest BCUT2D eigenvalue weighted by Crippen LogP contribution is 2.30. The maximum absolute atomic E-state index is 14.5. The van der Waals surface area contributed by atoms with Crippen LogP contribution in [-0.4, -0.2) is 42.8 Å². The molecular weight excluding hydrogens is 579 g/mol. The average molecular weight is 607 g/mol. The fourth-order valence-electron chi connectivity index (χ4n) is 4.97. The van der Waals surface area contributed by atoms with Crippen molar-refractivity contribution < 1.29 is 14.0 Å². The predicted octanol–water partition coefficient (Wildman–Crippen LogP) is 6.40. The molecular formula is C34H28ClFN6O2. The van der Waals surface area contributed by atoms with Gasteiger partial charge >= 0.3 is 0 Å². The summed E-state index contributed by atoms with van der Waals surface area (Å²) >= 11 is 6.23. The second-order valence-electron chi connectivity index (χ2n) is 10.3. The van der Waals surface area contributed by atoms with E-state index in [0.29, 0.717) is 29.0 Å². The number of nitrogens with zero attached hydrogens (tertiary/aromatic N) is 6. The van der Waals surface area contributed by atoms with Crippen molar-refractivity contribution in [3.05, 3.63) is 123 Å². The first-order chi connectivity index (χ1) is 21.2. The van der Waals surface area contributed by atoms with Crippen LogP contribution in [0.1, 0.15) is 74.7 Å². The molecule has 2 aromatic carbocycles. The number of imidazole rings is 1. The number of carbonyl (C=O) groups excluding carboxylic acids is 2. The van der Waals surface area contributed by atoms with E-state index in [1.165, 1.54) is 17.0 Å². The largest absolute Gasteiger partial charge is 0.334 e. The molecule has 5 aromatic rings. The summed E-state index contributed by atoms with van der Waals surface area (Å²) in [5.74, 6) is 5.25. The Morgan fingerprint density at radius 3 is 2.68 bits per heavy atom. The molecule has 1 atom stereocenters. The second-order valence-corrected chi connectivity index (χ2v) is 10.7. The lowest BCUT2D eigenvalue weighted by molar-refractivity contribution is 0.0729. The van der Waals surface area contributed by atoms with Gasteiger partial charge in [0.1, 0.15) is 29.0 Å². The average Bonchev–Trinajstić information content (AvgIpc) is 3.63. The Balaban J connectivity index is 1.28. The van der Waals surface area contributed by atoms with Crippen molar-refractivity contribution >= 4 is 28.9 Å². The lowest BCUT2D eigenvalue weighted by atomic mass is 10.0. The van der Waals surface area contributed by atoms with Crippen LogP contribution >= 0.6 is 11.6 Å². The van der Waals surface area contributed by atoms with Crippen LogP contribution in [-0.2, 0) is 6.54 Å². The number of benzene rings is 2. The Labute approximate surface area is 259 Å². The molecule has 0 radical (unpaired) electrons. The van der Waals surface area contributed by atoms with E-state index in [-0.39, 0.29) is 35.0 Å². The molecule has 8 nitrogen and oxygen atoms in total. The zero-order valence-corrected chi connectivity index (χ0v) is 25.1. The normalized spacial score (nSPS) is 11.5. The summed E-state index contributed by atoms with van der Waals surface area (Å²) in [6.45, 7) is 3.89. The first kappa shape index (κ1) is 30.2. The number of aromatic nitrogens is 4. The van der Waals surface area contributed by atoms with Gasteiger partial charge in [-0.15, -0.1) is 0 Å². The Kier molecular flexibility index (Phi) is 8.89. The Hall–Kier alpha value is -5.25. The molecule has 5 rings (SSSR count). The van der Waals surface area contributed by atoms with E-state index in [4.69, 9.17) is 11.6 Å². The van der Waals surface area contributed by atoms with E-state index >= 15 is 0 Å². The van der Waals surface area contributed by atoms with Crippen molar-refractivity contribution in [1.82, 2.24) is 24.1 Å². The third kappa shape index (κ3) is 6.10. The van der Waals surface area contributed by atoms with Gasteiger partial charge in [-0.2, -0.15) is 10.4 Å². The molecule has 220 valence electrons. The molecule has 0 saturated carbocycles. The van der Waals surface area contributed by atoms with Gasteiger partial charge in [-0.3, -0.25) is 9.59 Å². The van der Waals surface area contributed by atoms with Crippen LogP contribution in [0.2, 0.25) is 5.02 Å². The zero-order chi connectivity index (χ0) is 31.4. The molecule has 1 amide bonds. The van der Waals surface area contributed by atoms with E-state index in [1.54, 1.807) is 71.8 Å². The van der Waals surface area contributed by atoms with E-state index < -0.39 is 17.8 Å². The number of nitriles is 1. The maximum atomic E-state index is 14.5.